The van der Waals surface area contributed by atoms with Gasteiger partial charge in [-0.15, -0.1) is 0 Å². The van der Waals surface area contributed by atoms with E-state index >= 15 is 0 Å². The molecule has 0 spiro atoms. The molecule has 0 saturated heterocycles. The number of carbonyl (C=O) groups excluding carboxylic acids is 1. The molecule has 28 heavy (non-hydrogen) atoms. The van der Waals surface area contributed by atoms with Crippen LogP contribution in [0.15, 0.2) is 78.9 Å². The molecule has 0 aliphatic rings. The minimum Gasteiger partial charge on any atom is -0.352 e. The van der Waals surface area contributed by atoms with Crippen molar-refractivity contribution in [1.82, 2.24) is 5.32 Å². The lowest BCUT2D eigenvalue weighted by molar-refractivity contribution is 0.0957. The van der Waals surface area contributed by atoms with Crippen molar-refractivity contribution in [3.63, 3.8) is 0 Å². The van der Waals surface area contributed by atoms with Gasteiger partial charge < -0.3 is 9.88 Å². The zero-order chi connectivity index (χ0) is 20.1. The van der Waals surface area contributed by atoms with E-state index in [1.165, 1.54) is 0 Å². The zero-order valence-corrected chi connectivity index (χ0v) is 17.4. The molecule has 144 valence electrons. The number of benzene rings is 3. The van der Waals surface area contributed by atoms with Crippen molar-refractivity contribution in [1.29, 1.82) is 0 Å². The monoisotopic (exact) mass is 391 g/mol. The van der Waals surface area contributed by atoms with E-state index in [1.807, 2.05) is 85.8 Å². The van der Waals surface area contributed by atoms with Crippen LogP contribution in [0.5, 0.6) is 0 Å². The third-order valence-electron chi connectivity index (χ3n) is 4.85. The molecule has 1 amide bonds. The third-order valence-corrected chi connectivity index (χ3v) is 7.95. The summed E-state index contributed by atoms with van der Waals surface area (Å²) >= 11 is 0. The molecule has 3 rings (SSSR count). The topological polar surface area (TPSA) is 46.2 Å². The van der Waals surface area contributed by atoms with Crippen molar-refractivity contribution in [3.8, 4) is 0 Å². The second-order valence-corrected chi connectivity index (χ2v) is 9.80. The van der Waals surface area contributed by atoms with Crippen LogP contribution in [0, 0.1) is 0 Å². The molecule has 0 unspecified atom stereocenters. The summed E-state index contributed by atoms with van der Waals surface area (Å²) in [6, 6.07) is 24.7. The Hall–Kier alpha value is -2.64. The van der Waals surface area contributed by atoms with Crippen LogP contribution in [-0.2, 0) is 4.57 Å². The van der Waals surface area contributed by atoms with Gasteiger partial charge >= 0.3 is 0 Å². The van der Waals surface area contributed by atoms with Crippen LogP contribution in [0.25, 0.3) is 0 Å². The molecule has 0 fully saturated rings. The normalized spacial score (nSPS) is 11.4. The fourth-order valence-corrected chi connectivity index (χ4v) is 6.20. The molecule has 3 aromatic rings. The Bertz CT molecular complexity index is 954. The van der Waals surface area contributed by atoms with Crippen molar-refractivity contribution in [2.45, 2.75) is 26.7 Å². The molecule has 0 heterocycles. The molecule has 4 heteroatoms. The van der Waals surface area contributed by atoms with Gasteiger partial charge in [0.2, 0.25) is 0 Å². The van der Waals surface area contributed by atoms with E-state index < -0.39 is 7.14 Å². The molecule has 0 radical (unpaired) electrons. The predicted octanol–water partition coefficient (Wildman–Crippen LogP) is 4.20. The quantitative estimate of drug-likeness (QED) is 0.640. The summed E-state index contributed by atoms with van der Waals surface area (Å²) in [6.07, 6.45) is 0. The van der Waals surface area contributed by atoms with E-state index in [1.54, 1.807) is 0 Å². The summed E-state index contributed by atoms with van der Waals surface area (Å²) in [5, 5.41) is 4.92. The average molecular weight is 391 g/mol. The molecule has 0 atom stereocenters. The standard InChI is InChI=1S/C24H26NO2P/c1-4-25-24(26)22-16-15-19(18(2)3)17-23(22)28(27,20-11-7-5-8-12-20)21-13-9-6-10-14-21/h5-18H,4H2,1-3H3,(H,25,26). The van der Waals surface area contributed by atoms with Gasteiger partial charge in [-0.25, -0.2) is 0 Å². The molecule has 0 saturated carbocycles. The molecule has 1 N–H and O–H groups in total. The van der Waals surface area contributed by atoms with Crippen LogP contribution in [0.2, 0.25) is 0 Å². The molecule has 0 aliphatic heterocycles. The van der Waals surface area contributed by atoms with E-state index in [9.17, 15) is 9.36 Å². The summed E-state index contributed by atoms with van der Waals surface area (Å²) in [5.74, 6) is 0.0712. The van der Waals surface area contributed by atoms with Crippen LogP contribution in [-0.4, -0.2) is 12.5 Å². The molecule has 0 bridgehead atoms. The number of nitrogens with one attached hydrogen (secondary N) is 1. The minimum atomic E-state index is -3.22. The first-order chi connectivity index (χ1) is 13.5. The summed E-state index contributed by atoms with van der Waals surface area (Å²) in [7, 11) is -3.22. The van der Waals surface area contributed by atoms with Gasteiger partial charge in [-0.1, -0.05) is 80.6 Å². The van der Waals surface area contributed by atoms with E-state index in [0.29, 0.717) is 17.4 Å². The van der Waals surface area contributed by atoms with Gasteiger partial charge in [0.1, 0.15) is 0 Å². The van der Waals surface area contributed by atoms with E-state index in [-0.39, 0.29) is 11.8 Å². The zero-order valence-electron chi connectivity index (χ0n) is 16.6. The SMILES string of the molecule is CCNC(=O)c1ccc(C(C)C)cc1P(=O)(c1ccccc1)c1ccccc1. The highest BCUT2D eigenvalue weighted by atomic mass is 31.2. The second kappa shape index (κ2) is 8.58. The first kappa shape index (κ1) is 20.1. The van der Waals surface area contributed by atoms with E-state index in [2.05, 4.69) is 19.2 Å². The maximum atomic E-state index is 14.7. The maximum Gasteiger partial charge on any atom is 0.252 e. The van der Waals surface area contributed by atoms with Crippen molar-refractivity contribution >= 4 is 29.0 Å². The Kier molecular flexibility index (Phi) is 6.16. The molecular weight excluding hydrogens is 365 g/mol. The van der Waals surface area contributed by atoms with Gasteiger partial charge in [-0.05, 0) is 30.5 Å². The van der Waals surface area contributed by atoms with Gasteiger partial charge in [0.25, 0.3) is 5.91 Å². The van der Waals surface area contributed by atoms with Crippen LogP contribution < -0.4 is 21.2 Å². The summed E-state index contributed by atoms with van der Waals surface area (Å²) < 4.78 is 14.7. The Labute approximate surface area is 167 Å². The highest BCUT2D eigenvalue weighted by Gasteiger charge is 2.33. The molecule has 0 aliphatic carbocycles. The predicted molar refractivity (Wildman–Crippen MR) is 118 cm³/mol. The molecular formula is C24H26NO2P. The van der Waals surface area contributed by atoms with Crippen LogP contribution >= 0.6 is 7.14 Å². The number of carbonyl (C=O) groups is 1. The van der Waals surface area contributed by atoms with Crippen LogP contribution in [0.4, 0.5) is 0 Å². The van der Waals surface area contributed by atoms with Gasteiger partial charge in [-0.2, -0.15) is 0 Å². The highest BCUT2D eigenvalue weighted by Crippen LogP contribution is 2.43. The smallest absolute Gasteiger partial charge is 0.252 e. The van der Waals surface area contributed by atoms with Gasteiger partial charge in [0, 0.05) is 22.5 Å². The summed E-state index contributed by atoms with van der Waals surface area (Å²) in [6.45, 7) is 6.60. The Morgan fingerprint density at radius 3 is 1.89 bits per heavy atom. The average Bonchev–Trinajstić information content (AvgIpc) is 2.74. The molecule has 0 aromatic heterocycles. The Morgan fingerprint density at radius 1 is 0.893 bits per heavy atom. The Balaban J connectivity index is 2.35. The van der Waals surface area contributed by atoms with Gasteiger partial charge in [-0.3, -0.25) is 4.79 Å². The fourth-order valence-electron chi connectivity index (χ4n) is 3.32. The number of amides is 1. The largest absolute Gasteiger partial charge is 0.352 e. The minimum absolute atomic E-state index is 0.195. The first-order valence-corrected chi connectivity index (χ1v) is 11.3. The van der Waals surface area contributed by atoms with Gasteiger partial charge in [0.15, 0.2) is 7.14 Å². The van der Waals surface area contributed by atoms with Crippen molar-refractivity contribution in [2.24, 2.45) is 0 Å². The first-order valence-electron chi connectivity index (χ1n) is 9.62. The summed E-state index contributed by atoms with van der Waals surface area (Å²) in [4.78, 5) is 12.8. The fraction of sp³-hybridized carbons (Fsp3) is 0.208. The highest BCUT2D eigenvalue weighted by molar-refractivity contribution is 7.85. The van der Waals surface area contributed by atoms with E-state index in [4.69, 9.17) is 0 Å². The van der Waals surface area contributed by atoms with Crippen molar-refractivity contribution in [3.05, 3.63) is 90.0 Å². The van der Waals surface area contributed by atoms with Crippen molar-refractivity contribution in [2.75, 3.05) is 6.54 Å². The van der Waals surface area contributed by atoms with Crippen molar-refractivity contribution < 1.29 is 9.36 Å². The Morgan fingerprint density at radius 2 is 1.43 bits per heavy atom. The maximum absolute atomic E-state index is 14.7. The third kappa shape index (κ3) is 3.81. The molecule has 3 aromatic carbocycles. The lowest BCUT2D eigenvalue weighted by atomic mass is 10.0. The van der Waals surface area contributed by atoms with Crippen LogP contribution in [0.3, 0.4) is 0 Å². The van der Waals surface area contributed by atoms with Crippen LogP contribution in [0.1, 0.15) is 42.6 Å². The second-order valence-electron chi connectivity index (χ2n) is 7.07. The van der Waals surface area contributed by atoms with E-state index in [0.717, 1.165) is 16.2 Å². The number of hydrogen-bond acceptors (Lipinski definition) is 2. The summed E-state index contributed by atoms with van der Waals surface area (Å²) in [5.41, 5.74) is 1.54. The lowest BCUT2D eigenvalue weighted by Crippen LogP contribution is -2.33. The number of rotatable bonds is 6. The number of hydrogen-bond donors (Lipinski definition) is 1. The molecule has 3 nitrogen and oxygen atoms in total. The lowest BCUT2D eigenvalue weighted by Gasteiger charge is -2.23. The van der Waals surface area contributed by atoms with Gasteiger partial charge in [0.05, 0.1) is 5.56 Å².